The molecule has 1 saturated heterocycles. The van der Waals surface area contributed by atoms with Crippen LogP contribution in [-0.4, -0.2) is 48.1 Å². The molecule has 0 aromatic rings. The molecule has 0 atom stereocenters. The summed E-state index contributed by atoms with van der Waals surface area (Å²) in [5.41, 5.74) is 6.20. The Kier molecular flexibility index (Phi) is 10.5. The van der Waals surface area contributed by atoms with Crippen LogP contribution < -0.4 is 0 Å². The van der Waals surface area contributed by atoms with E-state index in [1.54, 1.807) is 6.92 Å². The Hall–Kier alpha value is -1.53. The second-order valence-corrected chi connectivity index (χ2v) is 17.5. The van der Waals surface area contributed by atoms with Crippen molar-refractivity contribution in [1.82, 2.24) is 0 Å². The van der Waals surface area contributed by atoms with Gasteiger partial charge in [0.15, 0.2) is 0 Å². The number of esters is 1. The van der Waals surface area contributed by atoms with Gasteiger partial charge < -0.3 is 14.2 Å². The van der Waals surface area contributed by atoms with Gasteiger partial charge in [-0.15, -0.1) is 11.5 Å². The van der Waals surface area contributed by atoms with E-state index in [2.05, 4.69) is 61.2 Å². The summed E-state index contributed by atoms with van der Waals surface area (Å²) < 4.78 is 14.2. The average Bonchev–Trinajstić information content (AvgIpc) is 2.81. The van der Waals surface area contributed by atoms with Crippen molar-refractivity contribution in [3.8, 4) is 11.5 Å². The summed E-state index contributed by atoms with van der Waals surface area (Å²) in [6.45, 7) is 16.1. The third kappa shape index (κ3) is 14.5. The van der Waals surface area contributed by atoms with Gasteiger partial charge in [0.25, 0.3) is 0 Å². The standard InChI is InChI=1S/C10H18O3Si.C8H14O2Si/c1-5-12-10(11)13-8-6-7-9-14(2,3)4;1-11(2,3)6-7-4-5-10-8(7)9/h5-6,8H2,1-4H3;6H,4-5H2,1-3H3/b;7-6+. The molecular weight excluding hydrogens is 352 g/mol. The first kappa shape index (κ1) is 23.5. The van der Waals surface area contributed by atoms with Gasteiger partial charge in [0, 0.05) is 18.4 Å². The van der Waals surface area contributed by atoms with Crippen molar-refractivity contribution in [2.24, 2.45) is 0 Å². The third-order valence-electron chi connectivity index (χ3n) is 2.65. The van der Waals surface area contributed by atoms with Crippen molar-refractivity contribution >= 4 is 28.3 Å². The molecule has 7 heteroatoms. The molecule has 0 amide bonds. The van der Waals surface area contributed by atoms with Gasteiger partial charge in [-0.05, 0) is 6.92 Å². The molecule has 0 unspecified atom stereocenters. The Morgan fingerprint density at radius 1 is 1.20 bits per heavy atom. The molecule has 1 heterocycles. The Balaban J connectivity index is 0.000000472. The maximum atomic E-state index is 11.0. The maximum Gasteiger partial charge on any atom is 0.508 e. The molecule has 142 valence electrons. The van der Waals surface area contributed by atoms with E-state index in [-0.39, 0.29) is 5.97 Å². The smallest absolute Gasteiger partial charge is 0.462 e. The van der Waals surface area contributed by atoms with Crippen LogP contribution in [-0.2, 0) is 19.0 Å². The molecule has 0 saturated carbocycles. The SMILES string of the molecule is CCOC(=O)OCCC#C[Si](C)(C)C.C[Si](C)(C)/C=C1\CCOC1=O. The monoisotopic (exact) mass is 384 g/mol. The molecule has 0 bridgehead atoms. The zero-order chi connectivity index (χ0) is 19.5. The number of cyclic esters (lactones) is 1. The molecule has 1 aliphatic heterocycles. The van der Waals surface area contributed by atoms with E-state index in [0.717, 1.165) is 12.0 Å². The van der Waals surface area contributed by atoms with Gasteiger partial charge in [-0.2, -0.15) is 0 Å². The normalized spacial score (nSPS) is 15.5. The van der Waals surface area contributed by atoms with E-state index in [9.17, 15) is 9.59 Å². The predicted octanol–water partition coefficient (Wildman–Crippen LogP) is 4.17. The largest absolute Gasteiger partial charge is 0.508 e. The summed E-state index contributed by atoms with van der Waals surface area (Å²) in [6, 6.07) is 0. The quantitative estimate of drug-likeness (QED) is 0.239. The molecular formula is C18H32O5Si2. The first-order chi connectivity index (χ1) is 11.4. The van der Waals surface area contributed by atoms with E-state index in [4.69, 9.17) is 9.47 Å². The second-order valence-electron chi connectivity index (χ2n) is 7.75. The molecule has 25 heavy (non-hydrogen) atoms. The number of hydrogen-bond acceptors (Lipinski definition) is 5. The summed E-state index contributed by atoms with van der Waals surface area (Å²) in [7, 11) is -2.51. The highest BCUT2D eigenvalue weighted by molar-refractivity contribution is 6.83. The van der Waals surface area contributed by atoms with E-state index < -0.39 is 22.3 Å². The van der Waals surface area contributed by atoms with Crippen LogP contribution in [0.15, 0.2) is 11.3 Å². The minimum atomic E-state index is -1.28. The molecule has 0 spiro atoms. The number of ether oxygens (including phenoxy) is 3. The topological polar surface area (TPSA) is 61.8 Å². The second kappa shape index (κ2) is 11.2. The van der Waals surface area contributed by atoms with Crippen LogP contribution in [0.1, 0.15) is 19.8 Å². The minimum absolute atomic E-state index is 0.104. The van der Waals surface area contributed by atoms with E-state index >= 15 is 0 Å². The predicted molar refractivity (Wildman–Crippen MR) is 106 cm³/mol. The Bertz CT molecular complexity index is 530. The average molecular weight is 385 g/mol. The number of hydrogen-bond donors (Lipinski definition) is 0. The molecule has 5 nitrogen and oxygen atoms in total. The zero-order valence-corrected chi connectivity index (χ0v) is 18.7. The molecule has 1 rings (SSSR count). The molecule has 0 aromatic carbocycles. The van der Waals surface area contributed by atoms with Crippen LogP contribution in [0.5, 0.6) is 0 Å². The van der Waals surface area contributed by atoms with Crippen molar-refractivity contribution in [1.29, 1.82) is 0 Å². The highest BCUT2D eigenvalue weighted by atomic mass is 28.3. The summed E-state index contributed by atoms with van der Waals surface area (Å²) >= 11 is 0. The molecule has 0 radical (unpaired) electrons. The molecule has 1 fully saturated rings. The zero-order valence-electron chi connectivity index (χ0n) is 16.7. The third-order valence-corrected chi connectivity index (χ3v) is 4.79. The highest BCUT2D eigenvalue weighted by Gasteiger charge is 2.21. The summed E-state index contributed by atoms with van der Waals surface area (Å²) in [5, 5.41) is 0. The van der Waals surface area contributed by atoms with Crippen LogP contribution in [0.25, 0.3) is 0 Å². The summed E-state index contributed by atoms with van der Waals surface area (Å²) in [4.78, 5) is 21.7. The van der Waals surface area contributed by atoms with Crippen molar-refractivity contribution < 1.29 is 23.8 Å². The molecule has 0 N–H and O–H groups in total. The lowest BCUT2D eigenvalue weighted by Crippen LogP contribution is -2.17. The fourth-order valence-electron chi connectivity index (χ4n) is 1.77. The van der Waals surface area contributed by atoms with Crippen LogP contribution in [0.3, 0.4) is 0 Å². The van der Waals surface area contributed by atoms with E-state index in [1.165, 1.54) is 0 Å². The van der Waals surface area contributed by atoms with Crippen LogP contribution in [0.2, 0.25) is 39.3 Å². The lowest BCUT2D eigenvalue weighted by atomic mass is 10.3. The van der Waals surface area contributed by atoms with Crippen LogP contribution >= 0.6 is 0 Å². The van der Waals surface area contributed by atoms with E-state index in [0.29, 0.717) is 26.2 Å². The van der Waals surface area contributed by atoms with Gasteiger partial charge in [-0.25, -0.2) is 9.59 Å². The van der Waals surface area contributed by atoms with Gasteiger partial charge in [-0.1, -0.05) is 45.0 Å². The first-order valence-electron chi connectivity index (χ1n) is 8.63. The fraction of sp³-hybridized carbons (Fsp3) is 0.667. The Morgan fingerprint density at radius 2 is 1.84 bits per heavy atom. The molecule has 0 aliphatic carbocycles. The van der Waals surface area contributed by atoms with Crippen molar-refractivity contribution in [3.63, 3.8) is 0 Å². The van der Waals surface area contributed by atoms with Gasteiger partial charge >= 0.3 is 12.1 Å². The Morgan fingerprint density at radius 3 is 2.28 bits per heavy atom. The van der Waals surface area contributed by atoms with E-state index in [1.807, 2.05) is 0 Å². The van der Waals surface area contributed by atoms with Crippen molar-refractivity contribution in [2.45, 2.75) is 59.0 Å². The number of carbonyl (C=O) groups is 2. The van der Waals surface area contributed by atoms with Gasteiger partial charge in [-0.3, -0.25) is 0 Å². The molecule has 0 aromatic heterocycles. The first-order valence-corrected chi connectivity index (χ1v) is 15.7. The highest BCUT2D eigenvalue weighted by Crippen LogP contribution is 2.16. The fourth-order valence-corrected chi connectivity index (χ4v) is 3.74. The maximum absolute atomic E-state index is 11.0. The molecule has 1 aliphatic rings. The van der Waals surface area contributed by atoms with Crippen molar-refractivity contribution in [2.75, 3.05) is 19.8 Å². The minimum Gasteiger partial charge on any atom is -0.462 e. The van der Waals surface area contributed by atoms with Crippen molar-refractivity contribution in [3.05, 3.63) is 11.3 Å². The van der Waals surface area contributed by atoms with Crippen LogP contribution in [0.4, 0.5) is 4.79 Å². The van der Waals surface area contributed by atoms with Gasteiger partial charge in [0.1, 0.15) is 14.7 Å². The lowest BCUT2D eigenvalue weighted by molar-refractivity contribution is -0.135. The lowest BCUT2D eigenvalue weighted by Gasteiger charge is -2.08. The summed E-state index contributed by atoms with van der Waals surface area (Å²) in [6.07, 6.45) is 0.786. The van der Waals surface area contributed by atoms with Gasteiger partial charge in [0.05, 0.1) is 21.3 Å². The summed E-state index contributed by atoms with van der Waals surface area (Å²) in [5.74, 6) is 2.90. The van der Waals surface area contributed by atoms with Crippen LogP contribution in [0, 0.1) is 11.5 Å². The Labute approximate surface area is 154 Å². The van der Waals surface area contributed by atoms with Gasteiger partial charge in [0.2, 0.25) is 0 Å². The number of carbonyl (C=O) groups excluding carboxylic acids is 2. The number of rotatable bonds is 4.